The molecule has 98 valence electrons. The Bertz CT molecular complexity index is 497. The minimum absolute atomic E-state index is 0.340. The van der Waals surface area contributed by atoms with E-state index in [-0.39, 0.29) is 0 Å². The molecule has 2 rings (SSSR count). The van der Waals surface area contributed by atoms with Gasteiger partial charge in [-0.2, -0.15) is 0 Å². The van der Waals surface area contributed by atoms with Crippen LogP contribution in [0.4, 0.5) is 0 Å². The van der Waals surface area contributed by atoms with Crippen molar-refractivity contribution in [3.05, 3.63) is 31.7 Å². The fraction of sp³-hybridized carbons (Fsp3) is 0.538. The van der Waals surface area contributed by atoms with Crippen molar-refractivity contribution >= 4 is 22.7 Å². The van der Waals surface area contributed by atoms with Crippen LogP contribution in [0.2, 0.25) is 0 Å². The molecular formula is C13H19N3S2. The molecule has 0 aromatic carbocycles. The average molecular weight is 281 g/mol. The van der Waals surface area contributed by atoms with Gasteiger partial charge in [-0.05, 0) is 27.3 Å². The van der Waals surface area contributed by atoms with Gasteiger partial charge in [0.25, 0.3) is 0 Å². The molecule has 2 aromatic heterocycles. The lowest BCUT2D eigenvalue weighted by molar-refractivity contribution is 0.553. The van der Waals surface area contributed by atoms with Gasteiger partial charge in [-0.15, -0.1) is 22.7 Å². The molecule has 1 unspecified atom stereocenters. The lowest BCUT2D eigenvalue weighted by Crippen LogP contribution is -2.22. The summed E-state index contributed by atoms with van der Waals surface area (Å²) in [6, 6.07) is 0.340. The van der Waals surface area contributed by atoms with Crippen molar-refractivity contribution in [3.8, 4) is 0 Å². The zero-order valence-corrected chi connectivity index (χ0v) is 12.9. The molecule has 2 aromatic rings. The van der Waals surface area contributed by atoms with Crippen molar-refractivity contribution in [2.24, 2.45) is 0 Å². The third-order valence-electron chi connectivity index (χ3n) is 3.00. The summed E-state index contributed by atoms with van der Waals surface area (Å²) < 4.78 is 0. The Kier molecular flexibility index (Phi) is 4.48. The van der Waals surface area contributed by atoms with Crippen molar-refractivity contribution in [1.29, 1.82) is 0 Å². The van der Waals surface area contributed by atoms with Crippen molar-refractivity contribution in [2.75, 3.05) is 6.54 Å². The molecular weight excluding hydrogens is 262 g/mol. The van der Waals surface area contributed by atoms with E-state index in [0.29, 0.717) is 6.04 Å². The average Bonchev–Trinajstić information content (AvgIpc) is 2.86. The summed E-state index contributed by atoms with van der Waals surface area (Å²) in [4.78, 5) is 11.6. The number of likely N-dealkylation sites (N-methyl/N-ethyl adjacent to an activating group) is 1. The largest absolute Gasteiger partial charge is 0.309 e. The zero-order valence-electron chi connectivity index (χ0n) is 11.3. The molecule has 1 atom stereocenters. The third-order valence-corrected chi connectivity index (χ3v) is 5.14. The predicted octanol–water partition coefficient (Wildman–Crippen LogP) is 3.42. The summed E-state index contributed by atoms with van der Waals surface area (Å²) in [5, 5.41) is 4.75. The molecule has 0 radical (unpaired) electrons. The van der Waals surface area contributed by atoms with Gasteiger partial charge in [0.2, 0.25) is 0 Å². The highest BCUT2D eigenvalue weighted by atomic mass is 32.1. The van der Waals surface area contributed by atoms with Gasteiger partial charge in [0, 0.05) is 22.2 Å². The predicted molar refractivity (Wildman–Crippen MR) is 78.6 cm³/mol. The Morgan fingerprint density at radius 1 is 1.28 bits per heavy atom. The second-order valence-electron chi connectivity index (χ2n) is 4.37. The summed E-state index contributed by atoms with van der Waals surface area (Å²) in [6.45, 7) is 9.40. The molecule has 18 heavy (non-hydrogen) atoms. The summed E-state index contributed by atoms with van der Waals surface area (Å²) in [7, 11) is 0. The first-order valence-corrected chi connectivity index (χ1v) is 7.87. The van der Waals surface area contributed by atoms with Gasteiger partial charge in [-0.3, -0.25) is 0 Å². The molecule has 0 spiro atoms. The van der Waals surface area contributed by atoms with E-state index in [1.807, 2.05) is 5.51 Å². The van der Waals surface area contributed by atoms with E-state index in [4.69, 9.17) is 0 Å². The number of nitrogens with one attached hydrogen (secondary N) is 1. The van der Waals surface area contributed by atoms with Gasteiger partial charge >= 0.3 is 0 Å². The van der Waals surface area contributed by atoms with Gasteiger partial charge in [-0.1, -0.05) is 6.92 Å². The third kappa shape index (κ3) is 2.96. The Hall–Kier alpha value is -0.780. The van der Waals surface area contributed by atoms with Crippen LogP contribution in [0.3, 0.4) is 0 Å². The van der Waals surface area contributed by atoms with Gasteiger partial charge in [0.05, 0.1) is 21.9 Å². The van der Waals surface area contributed by atoms with Crippen molar-refractivity contribution < 1.29 is 0 Å². The SMILES string of the molecule is CCNC(Cc1nc(C)c(C)s1)c1scnc1C. The molecule has 5 heteroatoms. The van der Waals surface area contributed by atoms with Crippen LogP contribution in [0.5, 0.6) is 0 Å². The molecule has 1 N–H and O–H groups in total. The molecule has 0 aliphatic heterocycles. The van der Waals surface area contributed by atoms with E-state index in [1.165, 1.54) is 14.8 Å². The van der Waals surface area contributed by atoms with Crippen LogP contribution in [0.1, 0.15) is 39.1 Å². The molecule has 0 aliphatic rings. The number of thiazole rings is 2. The molecule has 0 saturated carbocycles. The second kappa shape index (κ2) is 5.91. The summed E-state index contributed by atoms with van der Waals surface area (Å²) >= 11 is 3.54. The highest BCUT2D eigenvalue weighted by Gasteiger charge is 2.17. The Morgan fingerprint density at radius 3 is 2.56 bits per heavy atom. The Labute approximate surface area is 116 Å². The normalized spacial score (nSPS) is 12.9. The molecule has 3 nitrogen and oxygen atoms in total. The molecule has 0 bridgehead atoms. The van der Waals surface area contributed by atoms with Crippen LogP contribution in [0.15, 0.2) is 5.51 Å². The monoisotopic (exact) mass is 281 g/mol. The molecule has 0 fully saturated rings. The van der Waals surface area contributed by atoms with E-state index in [0.717, 1.165) is 24.4 Å². The minimum atomic E-state index is 0.340. The standard InChI is InChI=1S/C13H19N3S2/c1-5-14-11(13-9(3)15-7-17-13)6-12-16-8(2)10(4)18-12/h7,11,14H,5-6H2,1-4H3. The van der Waals surface area contributed by atoms with Gasteiger partial charge in [0.15, 0.2) is 0 Å². The van der Waals surface area contributed by atoms with Gasteiger partial charge in [-0.25, -0.2) is 9.97 Å². The summed E-state index contributed by atoms with van der Waals surface area (Å²) in [5.41, 5.74) is 4.22. The van der Waals surface area contributed by atoms with Crippen molar-refractivity contribution in [3.63, 3.8) is 0 Å². The maximum Gasteiger partial charge on any atom is 0.0950 e. The number of aryl methyl sites for hydroxylation is 3. The van der Waals surface area contributed by atoms with Gasteiger partial charge in [0.1, 0.15) is 0 Å². The van der Waals surface area contributed by atoms with E-state index in [1.54, 1.807) is 22.7 Å². The lowest BCUT2D eigenvalue weighted by Gasteiger charge is -2.15. The number of rotatable bonds is 5. The van der Waals surface area contributed by atoms with E-state index >= 15 is 0 Å². The number of aromatic nitrogens is 2. The highest BCUT2D eigenvalue weighted by molar-refractivity contribution is 7.11. The van der Waals surface area contributed by atoms with E-state index in [2.05, 4.69) is 43.0 Å². The Morgan fingerprint density at radius 2 is 2.06 bits per heavy atom. The number of hydrogen-bond acceptors (Lipinski definition) is 5. The quantitative estimate of drug-likeness (QED) is 0.912. The fourth-order valence-electron chi connectivity index (χ4n) is 1.95. The summed E-state index contributed by atoms with van der Waals surface area (Å²) in [6.07, 6.45) is 0.955. The Balaban J connectivity index is 2.19. The van der Waals surface area contributed by atoms with Gasteiger partial charge < -0.3 is 5.32 Å². The molecule has 0 saturated heterocycles. The van der Waals surface area contributed by atoms with Crippen molar-refractivity contribution in [2.45, 2.75) is 40.2 Å². The van der Waals surface area contributed by atoms with Crippen LogP contribution in [-0.2, 0) is 6.42 Å². The second-order valence-corrected chi connectivity index (χ2v) is 6.54. The topological polar surface area (TPSA) is 37.8 Å². The lowest BCUT2D eigenvalue weighted by atomic mass is 10.1. The molecule has 2 heterocycles. The van der Waals surface area contributed by atoms with E-state index in [9.17, 15) is 0 Å². The van der Waals surface area contributed by atoms with Crippen LogP contribution in [0, 0.1) is 20.8 Å². The number of nitrogens with zero attached hydrogens (tertiary/aromatic N) is 2. The fourth-order valence-corrected chi connectivity index (χ4v) is 3.81. The number of hydrogen-bond donors (Lipinski definition) is 1. The first-order chi connectivity index (χ1) is 8.61. The highest BCUT2D eigenvalue weighted by Crippen LogP contribution is 2.27. The molecule has 0 aliphatic carbocycles. The van der Waals surface area contributed by atoms with Crippen LogP contribution in [0.25, 0.3) is 0 Å². The first-order valence-electron chi connectivity index (χ1n) is 6.18. The first kappa shape index (κ1) is 13.6. The maximum absolute atomic E-state index is 4.63. The molecule has 0 amide bonds. The smallest absolute Gasteiger partial charge is 0.0950 e. The van der Waals surface area contributed by atoms with E-state index < -0.39 is 0 Å². The summed E-state index contributed by atoms with van der Waals surface area (Å²) in [5.74, 6) is 0. The van der Waals surface area contributed by atoms with Crippen LogP contribution in [-0.4, -0.2) is 16.5 Å². The van der Waals surface area contributed by atoms with Crippen LogP contribution < -0.4 is 5.32 Å². The maximum atomic E-state index is 4.63. The van der Waals surface area contributed by atoms with Crippen LogP contribution >= 0.6 is 22.7 Å². The minimum Gasteiger partial charge on any atom is -0.309 e. The van der Waals surface area contributed by atoms with Crippen molar-refractivity contribution in [1.82, 2.24) is 15.3 Å². The zero-order chi connectivity index (χ0) is 13.1.